The number of methoxy groups -OCH3 is 1. The van der Waals surface area contributed by atoms with E-state index >= 15 is 0 Å². The van der Waals surface area contributed by atoms with Gasteiger partial charge in [0.05, 0.1) is 24.0 Å². The van der Waals surface area contributed by atoms with Gasteiger partial charge in [-0.15, -0.1) is 0 Å². The number of primary amides is 1. The van der Waals surface area contributed by atoms with Crippen LogP contribution in [0.2, 0.25) is 0 Å². The molecule has 2 rings (SSSR count). The van der Waals surface area contributed by atoms with Crippen LogP contribution in [0.25, 0.3) is 0 Å². The number of halogens is 1. The Balaban J connectivity index is 2.06. The summed E-state index contributed by atoms with van der Waals surface area (Å²) in [5.41, 5.74) is 5.15. The van der Waals surface area contributed by atoms with Gasteiger partial charge >= 0.3 is 5.97 Å². The number of hydrogen-bond donors (Lipinski definition) is 1. The molecule has 0 unspecified atom stereocenters. The fourth-order valence-electron chi connectivity index (χ4n) is 2.20. The van der Waals surface area contributed by atoms with E-state index in [1.54, 1.807) is 0 Å². The van der Waals surface area contributed by atoms with Crippen LogP contribution in [0.1, 0.15) is 21.5 Å². The van der Waals surface area contributed by atoms with Crippen molar-refractivity contribution in [1.29, 1.82) is 0 Å². The van der Waals surface area contributed by atoms with Crippen molar-refractivity contribution >= 4 is 17.6 Å². The summed E-state index contributed by atoms with van der Waals surface area (Å²) in [6, 6.07) is 7.64. The van der Waals surface area contributed by atoms with Crippen molar-refractivity contribution in [3.8, 4) is 5.75 Å². The van der Waals surface area contributed by atoms with Gasteiger partial charge in [0.25, 0.3) is 5.69 Å². The summed E-state index contributed by atoms with van der Waals surface area (Å²) in [5.74, 6) is -2.07. The molecule has 0 atom stereocenters. The van der Waals surface area contributed by atoms with Crippen molar-refractivity contribution in [3.63, 3.8) is 0 Å². The molecule has 2 N–H and O–H groups in total. The van der Waals surface area contributed by atoms with Crippen molar-refractivity contribution in [2.75, 3.05) is 7.11 Å². The molecule has 1 amide bonds. The van der Waals surface area contributed by atoms with Crippen LogP contribution in [0, 0.1) is 15.9 Å². The van der Waals surface area contributed by atoms with E-state index in [1.807, 2.05) is 0 Å². The second-order valence-corrected chi connectivity index (χ2v) is 5.27. The summed E-state index contributed by atoms with van der Waals surface area (Å²) < 4.78 is 23.4. The highest BCUT2D eigenvalue weighted by Gasteiger charge is 2.18. The summed E-state index contributed by atoms with van der Waals surface area (Å²) in [6.07, 6.45) is -0.214. The van der Waals surface area contributed by atoms with Gasteiger partial charge in [0.1, 0.15) is 6.61 Å². The quantitative estimate of drug-likeness (QED) is 0.457. The second kappa shape index (κ2) is 8.06. The zero-order valence-corrected chi connectivity index (χ0v) is 13.7. The molecule has 0 aromatic heterocycles. The van der Waals surface area contributed by atoms with E-state index in [4.69, 9.17) is 15.2 Å². The summed E-state index contributed by atoms with van der Waals surface area (Å²) in [4.78, 5) is 33.4. The standard InChI is InChI=1S/C17H15FN2O6/c1-25-15-5-2-10(6-13(15)18)7-16(21)26-9-12-4-3-11(17(19)22)8-14(12)20(23)24/h2-6,8H,7,9H2,1H3,(H2,19,22). The average Bonchev–Trinajstić information content (AvgIpc) is 2.59. The number of carbonyl (C=O) groups is 2. The molecule has 0 spiro atoms. The van der Waals surface area contributed by atoms with Crippen LogP contribution in [-0.2, 0) is 22.6 Å². The van der Waals surface area contributed by atoms with E-state index < -0.39 is 22.6 Å². The number of nitrogens with two attached hydrogens (primary N) is 1. The molecule has 8 nitrogen and oxygen atoms in total. The molecule has 9 heteroatoms. The minimum atomic E-state index is -0.807. The third-order valence-electron chi connectivity index (χ3n) is 3.52. The normalized spacial score (nSPS) is 10.2. The van der Waals surface area contributed by atoms with Gasteiger partial charge in [0.2, 0.25) is 5.91 Å². The minimum Gasteiger partial charge on any atom is -0.494 e. The molecule has 0 aliphatic carbocycles. The Morgan fingerprint density at radius 3 is 2.54 bits per heavy atom. The van der Waals surface area contributed by atoms with Crippen LogP contribution in [-0.4, -0.2) is 23.9 Å². The van der Waals surface area contributed by atoms with E-state index in [9.17, 15) is 24.1 Å². The van der Waals surface area contributed by atoms with E-state index in [2.05, 4.69) is 0 Å². The smallest absolute Gasteiger partial charge is 0.310 e. The van der Waals surface area contributed by atoms with Crippen molar-refractivity contribution in [2.24, 2.45) is 5.73 Å². The van der Waals surface area contributed by atoms with E-state index in [1.165, 1.54) is 31.4 Å². The third kappa shape index (κ3) is 4.53. The molecular formula is C17H15FN2O6. The first-order valence-corrected chi connectivity index (χ1v) is 7.37. The molecular weight excluding hydrogens is 347 g/mol. The lowest BCUT2D eigenvalue weighted by atomic mass is 10.1. The SMILES string of the molecule is COc1ccc(CC(=O)OCc2ccc(C(N)=O)cc2[N+](=O)[O-])cc1F. The van der Waals surface area contributed by atoms with Gasteiger partial charge < -0.3 is 15.2 Å². The molecule has 136 valence electrons. The topological polar surface area (TPSA) is 122 Å². The molecule has 0 fully saturated rings. The minimum absolute atomic E-state index is 0.0273. The Labute approximate surface area is 147 Å². The first-order valence-electron chi connectivity index (χ1n) is 7.37. The van der Waals surface area contributed by atoms with Crippen molar-refractivity contribution in [2.45, 2.75) is 13.0 Å². The number of hydrogen-bond acceptors (Lipinski definition) is 6. The monoisotopic (exact) mass is 362 g/mol. The number of amides is 1. The molecule has 0 radical (unpaired) electrons. The molecule has 2 aromatic carbocycles. The Bertz CT molecular complexity index is 868. The third-order valence-corrected chi connectivity index (χ3v) is 3.52. The lowest BCUT2D eigenvalue weighted by molar-refractivity contribution is -0.385. The molecule has 26 heavy (non-hydrogen) atoms. The van der Waals surface area contributed by atoms with Gasteiger partial charge in [-0.3, -0.25) is 19.7 Å². The van der Waals surface area contributed by atoms with Gasteiger partial charge in [-0.2, -0.15) is 0 Å². The largest absolute Gasteiger partial charge is 0.494 e. The number of carbonyl (C=O) groups excluding carboxylic acids is 2. The maximum absolute atomic E-state index is 13.6. The van der Waals surface area contributed by atoms with Crippen LogP contribution >= 0.6 is 0 Å². The van der Waals surface area contributed by atoms with Gasteiger partial charge in [0, 0.05) is 11.6 Å². The molecule has 0 saturated heterocycles. The Morgan fingerprint density at radius 2 is 1.96 bits per heavy atom. The van der Waals surface area contributed by atoms with Crippen LogP contribution in [0.3, 0.4) is 0 Å². The molecule has 0 bridgehead atoms. The van der Waals surface area contributed by atoms with Gasteiger partial charge in [-0.1, -0.05) is 6.07 Å². The molecule has 2 aromatic rings. The summed E-state index contributed by atoms with van der Waals surface area (Å²) in [7, 11) is 1.32. The highest BCUT2D eigenvalue weighted by molar-refractivity contribution is 5.93. The van der Waals surface area contributed by atoms with E-state index in [0.29, 0.717) is 5.56 Å². The molecule has 0 aliphatic heterocycles. The van der Waals surface area contributed by atoms with Crippen LogP contribution < -0.4 is 10.5 Å². The number of nitro groups is 1. The summed E-state index contributed by atoms with van der Waals surface area (Å²) in [6.45, 7) is -0.368. The Kier molecular flexibility index (Phi) is 5.84. The first kappa shape index (κ1) is 18.8. The number of rotatable bonds is 7. The summed E-state index contributed by atoms with van der Waals surface area (Å²) in [5, 5.41) is 11.1. The first-order chi connectivity index (χ1) is 12.3. The van der Waals surface area contributed by atoms with Crippen LogP contribution in [0.5, 0.6) is 5.75 Å². The molecule has 0 aliphatic rings. The number of nitro benzene ring substituents is 1. The lowest BCUT2D eigenvalue weighted by Gasteiger charge is -2.08. The number of benzene rings is 2. The molecule has 0 saturated carbocycles. The maximum atomic E-state index is 13.6. The predicted molar refractivity (Wildman–Crippen MR) is 88.1 cm³/mol. The van der Waals surface area contributed by atoms with Gasteiger partial charge in [0.15, 0.2) is 11.6 Å². The zero-order valence-electron chi connectivity index (χ0n) is 13.7. The van der Waals surface area contributed by atoms with Crippen LogP contribution in [0.15, 0.2) is 36.4 Å². The fourth-order valence-corrected chi connectivity index (χ4v) is 2.20. The van der Waals surface area contributed by atoms with Crippen molar-refractivity contribution in [1.82, 2.24) is 0 Å². The van der Waals surface area contributed by atoms with Crippen molar-refractivity contribution in [3.05, 3.63) is 69.0 Å². The lowest BCUT2D eigenvalue weighted by Crippen LogP contribution is -2.13. The summed E-state index contributed by atoms with van der Waals surface area (Å²) >= 11 is 0. The predicted octanol–water partition coefficient (Wildman–Crippen LogP) is 2.13. The van der Waals surface area contributed by atoms with E-state index in [0.717, 1.165) is 12.1 Å². The highest BCUT2D eigenvalue weighted by Crippen LogP contribution is 2.22. The highest BCUT2D eigenvalue weighted by atomic mass is 19.1. The van der Waals surface area contributed by atoms with Gasteiger partial charge in [-0.05, 0) is 29.8 Å². The van der Waals surface area contributed by atoms with E-state index in [-0.39, 0.29) is 35.6 Å². The Morgan fingerprint density at radius 1 is 1.23 bits per heavy atom. The number of esters is 1. The second-order valence-electron chi connectivity index (χ2n) is 5.27. The number of nitrogens with zero attached hydrogens (tertiary/aromatic N) is 1. The molecule has 0 heterocycles. The maximum Gasteiger partial charge on any atom is 0.310 e. The van der Waals surface area contributed by atoms with Crippen molar-refractivity contribution < 1.29 is 28.4 Å². The Hall–Kier alpha value is -3.49. The fraction of sp³-hybridized carbons (Fsp3) is 0.176. The zero-order chi connectivity index (χ0) is 19.3. The van der Waals surface area contributed by atoms with Gasteiger partial charge in [-0.25, -0.2) is 4.39 Å². The van der Waals surface area contributed by atoms with Crippen LogP contribution in [0.4, 0.5) is 10.1 Å². The average molecular weight is 362 g/mol. The number of ether oxygens (including phenoxy) is 2.